The van der Waals surface area contributed by atoms with Crippen LogP contribution >= 0.6 is 0 Å². The summed E-state index contributed by atoms with van der Waals surface area (Å²) >= 11 is 0. The van der Waals surface area contributed by atoms with Crippen LogP contribution < -0.4 is 11.3 Å². The van der Waals surface area contributed by atoms with Crippen LogP contribution in [0.3, 0.4) is 0 Å². The largest absolute Gasteiger partial charge is 0.418 e. The van der Waals surface area contributed by atoms with Crippen molar-refractivity contribution in [3.05, 3.63) is 29.3 Å². The first kappa shape index (κ1) is 10.8. The Morgan fingerprint density at radius 3 is 2.43 bits per heavy atom. The van der Waals surface area contributed by atoms with Gasteiger partial charge in [0.05, 0.1) is 11.3 Å². The molecule has 0 amide bonds. The lowest BCUT2D eigenvalue weighted by molar-refractivity contribution is -0.137. The summed E-state index contributed by atoms with van der Waals surface area (Å²) in [5, 5.41) is 0. The SMILES string of the molecule is CCc1ccc(NN)c(C(F)(F)F)c1. The van der Waals surface area contributed by atoms with Crippen LogP contribution in [0.25, 0.3) is 0 Å². The molecule has 0 radical (unpaired) electrons. The van der Waals surface area contributed by atoms with E-state index in [9.17, 15) is 13.2 Å². The van der Waals surface area contributed by atoms with E-state index in [2.05, 4.69) is 0 Å². The Morgan fingerprint density at radius 1 is 1.36 bits per heavy atom. The molecular weight excluding hydrogens is 193 g/mol. The Hall–Kier alpha value is -1.23. The van der Waals surface area contributed by atoms with Gasteiger partial charge < -0.3 is 5.43 Å². The molecule has 0 aliphatic carbocycles. The monoisotopic (exact) mass is 204 g/mol. The van der Waals surface area contributed by atoms with E-state index in [0.717, 1.165) is 6.07 Å². The first-order valence-electron chi connectivity index (χ1n) is 4.15. The summed E-state index contributed by atoms with van der Waals surface area (Å²) in [5.74, 6) is 4.99. The number of benzene rings is 1. The molecule has 14 heavy (non-hydrogen) atoms. The zero-order valence-electron chi connectivity index (χ0n) is 7.65. The molecule has 5 heteroatoms. The number of halogens is 3. The highest BCUT2D eigenvalue weighted by Crippen LogP contribution is 2.35. The molecular formula is C9H11F3N2. The van der Waals surface area contributed by atoms with Gasteiger partial charge in [-0.15, -0.1) is 0 Å². The minimum absolute atomic E-state index is 0.102. The van der Waals surface area contributed by atoms with Crippen molar-refractivity contribution in [3.8, 4) is 0 Å². The number of nitrogen functional groups attached to an aromatic ring is 1. The number of hydrogen-bond donors (Lipinski definition) is 2. The number of hydrazine groups is 1. The van der Waals surface area contributed by atoms with Crippen molar-refractivity contribution in [1.82, 2.24) is 0 Å². The lowest BCUT2D eigenvalue weighted by Crippen LogP contribution is -2.15. The first-order chi connectivity index (χ1) is 6.49. The molecule has 0 atom stereocenters. The smallest absolute Gasteiger partial charge is 0.324 e. The molecule has 3 N–H and O–H groups in total. The standard InChI is InChI=1S/C9H11F3N2/c1-2-6-3-4-8(14-13)7(5-6)9(10,11)12/h3-5,14H,2,13H2,1H3. The van der Waals surface area contributed by atoms with Gasteiger partial charge >= 0.3 is 6.18 Å². The maximum atomic E-state index is 12.5. The lowest BCUT2D eigenvalue weighted by Gasteiger charge is -2.13. The Bertz CT molecular complexity index is 320. The van der Waals surface area contributed by atoms with Crippen LogP contribution in [0.15, 0.2) is 18.2 Å². The van der Waals surface area contributed by atoms with Gasteiger partial charge in [0.1, 0.15) is 0 Å². The number of anilines is 1. The van der Waals surface area contributed by atoms with Gasteiger partial charge in [-0.25, -0.2) is 0 Å². The average Bonchev–Trinajstić information content (AvgIpc) is 2.15. The summed E-state index contributed by atoms with van der Waals surface area (Å²) in [6, 6.07) is 4.06. The molecule has 0 heterocycles. The average molecular weight is 204 g/mol. The normalized spacial score (nSPS) is 11.5. The van der Waals surface area contributed by atoms with Gasteiger partial charge in [-0.1, -0.05) is 13.0 Å². The fraction of sp³-hybridized carbons (Fsp3) is 0.333. The summed E-state index contributed by atoms with van der Waals surface area (Å²) in [7, 11) is 0. The summed E-state index contributed by atoms with van der Waals surface area (Å²) in [4.78, 5) is 0. The second kappa shape index (κ2) is 3.88. The second-order valence-corrected chi connectivity index (χ2v) is 2.88. The lowest BCUT2D eigenvalue weighted by atomic mass is 10.1. The fourth-order valence-corrected chi connectivity index (χ4v) is 1.17. The van der Waals surface area contributed by atoms with Gasteiger partial charge in [-0.3, -0.25) is 5.84 Å². The van der Waals surface area contributed by atoms with E-state index in [1.807, 2.05) is 5.43 Å². The predicted molar refractivity (Wildman–Crippen MR) is 48.6 cm³/mol. The minimum atomic E-state index is -4.37. The van der Waals surface area contributed by atoms with Gasteiger partial charge in [-0.05, 0) is 24.1 Å². The van der Waals surface area contributed by atoms with Crippen LogP contribution in [0.1, 0.15) is 18.1 Å². The molecule has 0 spiro atoms. The quantitative estimate of drug-likeness (QED) is 0.574. The maximum Gasteiger partial charge on any atom is 0.418 e. The molecule has 1 rings (SSSR count). The Kier molecular flexibility index (Phi) is 3.00. The van der Waals surface area contributed by atoms with Gasteiger partial charge in [0, 0.05) is 0 Å². The molecule has 78 valence electrons. The highest BCUT2D eigenvalue weighted by molar-refractivity contribution is 5.53. The fourth-order valence-electron chi connectivity index (χ4n) is 1.17. The van der Waals surface area contributed by atoms with E-state index in [-0.39, 0.29) is 5.69 Å². The van der Waals surface area contributed by atoms with E-state index in [0.29, 0.717) is 12.0 Å². The van der Waals surface area contributed by atoms with Crippen LogP contribution in [0.5, 0.6) is 0 Å². The molecule has 0 fully saturated rings. The van der Waals surface area contributed by atoms with Gasteiger partial charge in [-0.2, -0.15) is 13.2 Å². The maximum absolute atomic E-state index is 12.5. The van der Waals surface area contributed by atoms with Crippen LogP contribution in [0.2, 0.25) is 0 Å². The number of rotatable bonds is 2. The van der Waals surface area contributed by atoms with Crippen molar-refractivity contribution in [2.75, 3.05) is 5.43 Å². The van der Waals surface area contributed by atoms with Gasteiger partial charge in [0.25, 0.3) is 0 Å². The number of aryl methyl sites for hydroxylation is 1. The second-order valence-electron chi connectivity index (χ2n) is 2.88. The zero-order valence-corrected chi connectivity index (χ0v) is 7.65. The van der Waals surface area contributed by atoms with Crippen LogP contribution in [-0.4, -0.2) is 0 Å². The van der Waals surface area contributed by atoms with Gasteiger partial charge in [0.15, 0.2) is 0 Å². The Balaban J connectivity index is 3.22. The van der Waals surface area contributed by atoms with Crippen LogP contribution in [-0.2, 0) is 12.6 Å². The Labute approximate surface area is 79.9 Å². The van der Waals surface area contributed by atoms with E-state index in [4.69, 9.17) is 5.84 Å². The third-order valence-electron chi connectivity index (χ3n) is 1.95. The van der Waals surface area contributed by atoms with Crippen LogP contribution in [0, 0.1) is 0 Å². The van der Waals surface area contributed by atoms with E-state index in [1.165, 1.54) is 6.07 Å². The molecule has 0 unspecified atom stereocenters. The molecule has 0 saturated carbocycles. The van der Waals surface area contributed by atoms with Crippen LogP contribution in [0.4, 0.5) is 18.9 Å². The number of nitrogens with one attached hydrogen (secondary N) is 1. The van der Waals surface area contributed by atoms with E-state index < -0.39 is 11.7 Å². The third kappa shape index (κ3) is 2.17. The van der Waals surface area contributed by atoms with E-state index in [1.54, 1.807) is 13.0 Å². The summed E-state index contributed by atoms with van der Waals surface area (Å²) in [6.45, 7) is 1.80. The molecule has 1 aromatic carbocycles. The zero-order chi connectivity index (χ0) is 10.8. The topological polar surface area (TPSA) is 38.0 Å². The molecule has 1 aromatic rings. The van der Waals surface area contributed by atoms with Crippen molar-refractivity contribution in [3.63, 3.8) is 0 Å². The summed E-state index contributed by atoms with van der Waals surface area (Å²) in [6.07, 6.45) is -3.80. The first-order valence-corrected chi connectivity index (χ1v) is 4.15. The molecule has 2 nitrogen and oxygen atoms in total. The molecule has 0 aliphatic heterocycles. The predicted octanol–water partition coefficient (Wildman–Crippen LogP) is 2.55. The highest BCUT2D eigenvalue weighted by atomic mass is 19.4. The molecule has 0 bridgehead atoms. The number of hydrogen-bond acceptors (Lipinski definition) is 2. The minimum Gasteiger partial charge on any atom is -0.324 e. The van der Waals surface area contributed by atoms with Crippen molar-refractivity contribution < 1.29 is 13.2 Å². The molecule has 0 saturated heterocycles. The van der Waals surface area contributed by atoms with Gasteiger partial charge in [0.2, 0.25) is 0 Å². The molecule has 0 aromatic heterocycles. The van der Waals surface area contributed by atoms with Crippen molar-refractivity contribution in [2.45, 2.75) is 19.5 Å². The molecule has 0 aliphatic rings. The summed E-state index contributed by atoms with van der Waals surface area (Å²) in [5.41, 5.74) is 1.84. The summed E-state index contributed by atoms with van der Waals surface area (Å²) < 4.78 is 37.4. The van der Waals surface area contributed by atoms with E-state index >= 15 is 0 Å². The number of nitrogens with two attached hydrogens (primary N) is 1. The van der Waals surface area contributed by atoms with Crippen molar-refractivity contribution >= 4 is 5.69 Å². The Morgan fingerprint density at radius 2 is 2.00 bits per heavy atom. The van der Waals surface area contributed by atoms with Crippen molar-refractivity contribution in [1.29, 1.82) is 0 Å². The highest BCUT2D eigenvalue weighted by Gasteiger charge is 2.33. The third-order valence-corrected chi connectivity index (χ3v) is 1.95. The number of alkyl halides is 3. The van der Waals surface area contributed by atoms with Crippen molar-refractivity contribution in [2.24, 2.45) is 5.84 Å².